The molecule has 1 fully saturated rings. The van der Waals surface area contributed by atoms with Crippen LogP contribution < -0.4 is 4.90 Å². The Bertz CT molecular complexity index is 1480. The maximum absolute atomic E-state index is 13.7. The van der Waals surface area contributed by atoms with Crippen molar-refractivity contribution >= 4 is 22.8 Å². The third-order valence-corrected chi connectivity index (χ3v) is 8.14. The van der Waals surface area contributed by atoms with Crippen LogP contribution in [0.1, 0.15) is 68.6 Å². The molecule has 0 radical (unpaired) electrons. The van der Waals surface area contributed by atoms with Crippen molar-refractivity contribution in [3.8, 4) is 5.69 Å². The lowest BCUT2D eigenvalue weighted by molar-refractivity contribution is -0.135. The average molecular weight is 557 g/mol. The van der Waals surface area contributed by atoms with Crippen molar-refractivity contribution in [2.45, 2.75) is 66.2 Å². The quantitative estimate of drug-likeness (QED) is 0.238. The summed E-state index contributed by atoms with van der Waals surface area (Å²) in [6.45, 7) is 11.3. The van der Waals surface area contributed by atoms with Crippen LogP contribution in [0.5, 0.6) is 0 Å². The molecule has 1 saturated heterocycles. The van der Waals surface area contributed by atoms with Gasteiger partial charge in [0.2, 0.25) is 5.91 Å². The van der Waals surface area contributed by atoms with Gasteiger partial charge in [-0.25, -0.2) is 19.0 Å². The molecule has 1 atom stereocenters. The largest absolute Gasteiger partial charge is 0.354 e. The molecule has 8 heteroatoms. The average Bonchev–Trinajstić information content (AvgIpc) is 3.14. The van der Waals surface area contributed by atoms with Crippen molar-refractivity contribution in [2.24, 2.45) is 5.92 Å². The zero-order chi connectivity index (χ0) is 28.9. The topological polar surface area (TPSA) is 67.2 Å². The number of nitrogens with zero attached hydrogens (tertiary/aromatic N) is 6. The molecule has 3 heterocycles. The Kier molecular flexibility index (Phi) is 8.96. The zero-order valence-electron chi connectivity index (χ0n) is 24.7. The van der Waals surface area contributed by atoms with Gasteiger partial charge in [0.15, 0.2) is 5.65 Å². The van der Waals surface area contributed by atoms with E-state index in [1.165, 1.54) is 17.7 Å². The van der Waals surface area contributed by atoms with E-state index in [9.17, 15) is 9.18 Å². The van der Waals surface area contributed by atoms with Crippen LogP contribution in [0, 0.1) is 25.6 Å². The van der Waals surface area contributed by atoms with Gasteiger partial charge >= 0.3 is 0 Å². The first-order valence-electron chi connectivity index (χ1n) is 15.0. The molecule has 1 unspecified atom stereocenters. The van der Waals surface area contributed by atoms with Crippen LogP contribution >= 0.6 is 0 Å². The maximum atomic E-state index is 13.7. The van der Waals surface area contributed by atoms with E-state index in [-0.39, 0.29) is 17.6 Å². The summed E-state index contributed by atoms with van der Waals surface area (Å²) in [7, 11) is 0. The Hall–Kier alpha value is -3.81. The van der Waals surface area contributed by atoms with Gasteiger partial charge in [-0.3, -0.25) is 4.79 Å². The summed E-state index contributed by atoms with van der Waals surface area (Å²) in [4.78, 5) is 27.9. The first-order chi connectivity index (χ1) is 19.9. The molecule has 0 N–H and O–H groups in total. The highest BCUT2D eigenvalue weighted by Crippen LogP contribution is 2.30. The predicted octanol–water partition coefficient (Wildman–Crippen LogP) is 6.42. The molecule has 41 heavy (non-hydrogen) atoms. The zero-order valence-corrected chi connectivity index (χ0v) is 24.7. The number of carbonyl (C=O) groups excluding carboxylic acids is 1. The monoisotopic (exact) mass is 556 g/mol. The molecule has 1 aliphatic heterocycles. The lowest BCUT2D eigenvalue weighted by Gasteiger charge is -2.26. The first-order valence-corrected chi connectivity index (χ1v) is 15.0. The predicted molar refractivity (Wildman–Crippen MR) is 162 cm³/mol. The fourth-order valence-corrected chi connectivity index (χ4v) is 5.72. The highest BCUT2D eigenvalue weighted by Gasteiger charge is 2.27. The number of benzene rings is 2. The lowest BCUT2D eigenvalue weighted by atomic mass is 9.97. The molecule has 1 amide bonds. The number of amides is 1. The minimum Gasteiger partial charge on any atom is -0.354 e. The Labute approximate surface area is 242 Å². The maximum Gasteiger partial charge on any atom is 0.225 e. The number of unbranched alkanes of at least 4 members (excludes halogenated alkanes) is 1. The Balaban J connectivity index is 1.51. The SMILES string of the molecule is CCCCC(CC)C(=O)N1CCCN(c2nc(Cc3ccc(C)cc3)nc3c2c(C)nn3-c2ccc(F)cc2)CC1. The summed E-state index contributed by atoms with van der Waals surface area (Å²) >= 11 is 0. The molecule has 4 aromatic rings. The number of fused-ring (bicyclic) bond motifs is 1. The normalized spacial score (nSPS) is 14.9. The standard InChI is InChI=1S/C33H41FN6O/c1-5-7-9-26(6-2)33(41)39-19-8-18-38(20-21-39)31-30-24(4)37-40(28-16-14-27(34)15-17-28)32(30)36-29(35-31)22-25-12-10-23(3)11-13-25/h10-17,26H,5-9,18-22H2,1-4H3. The van der Waals surface area contributed by atoms with Crippen molar-refractivity contribution in [3.05, 3.63) is 77.0 Å². The van der Waals surface area contributed by atoms with Crippen LogP contribution in [-0.4, -0.2) is 56.7 Å². The van der Waals surface area contributed by atoms with Gasteiger partial charge in [-0.2, -0.15) is 5.10 Å². The van der Waals surface area contributed by atoms with Crippen molar-refractivity contribution in [3.63, 3.8) is 0 Å². The Morgan fingerprint density at radius 3 is 2.41 bits per heavy atom. The second-order valence-corrected chi connectivity index (χ2v) is 11.2. The fourth-order valence-electron chi connectivity index (χ4n) is 5.72. The van der Waals surface area contributed by atoms with E-state index < -0.39 is 0 Å². The van der Waals surface area contributed by atoms with E-state index in [4.69, 9.17) is 15.1 Å². The van der Waals surface area contributed by atoms with Gasteiger partial charge in [0.05, 0.1) is 16.8 Å². The summed E-state index contributed by atoms with van der Waals surface area (Å²) < 4.78 is 15.5. The number of aryl methyl sites for hydroxylation is 2. The van der Waals surface area contributed by atoms with Crippen molar-refractivity contribution < 1.29 is 9.18 Å². The van der Waals surface area contributed by atoms with Gasteiger partial charge in [0.1, 0.15) is 17.5 Å². The van der Waals surface area contributed by atoms with Crippen LogP contribution in [0.2, 0.25) is 0 Å². The summed E-state index contributed by atoms with van der Waals surface area (Å²) in [5.41, 5.74) is 4.63. The first kappa shape index (κ1) is 28.7. The van der Waals surface area contributed by atoms with Crippen molar-refractivity contribution in [1.29, 1.82) is 0 Å². The second-order valence-electron chi connectivity index (χ2n) is 11.2. The summed E-state index contributed by atoms with van der Waals surface area (Å²) in [5.74, 6) is 1.67. The fraction of sp³-hybridized carbons (Fsp3) is 0.455. The molecule has 7 nitrogen and oxygen atoms in total. The van der Waals surface area contributed by atoms with Gasteiger partial charge in [-0.15, -0.1) is 0 Å². The molecule has 0 spiro atoms. The number of halogens is 1. The summed E-state index contributed by atoms with van der Waals surface area (Å²) in [6, 6.07) is 14.8. The number of anilines is 1. The van der Waals surface area contributed by atoms with E-state index in [0.717, 1.165) is 73.3 Å². The van der Waals surface area contributed by atoms with Gasteiger partial charge in [-0.1, -0.05) is 56.5 Å². The van der Waals surface area contributed by atoms with Crippen LogP contribution in [-0.2, 0) is 11.2 Å². The van der Waals surface area contributed by atoms with E-state index in [1.807, 2.05) is 6.92 Å². The third kappa shape index (κ3) is 6.42. The Morgan fingerprint density at radius 1 is 0.951 bits per heavy atom. The molecule has 1 aliphatic rings. The number of hydrogen-bond donors (Lipinski definition) is 0. The summed E-state index contributed by atoms with van der Waals surface area (Å²) in [5, 5.41) is 5.73. The van der Waals surface area contributed by atoms with Crippen molar-refractivity contribution in [2.75, 3.05) is 31.1 Å². The van der Waals surface area contributed by atoms with Gasteiger partial charge in [0, 0.05) is 38.5 Å². The minimum absolute atomic E-state index is 0.101. The highest BCUT2D eigenvalue weighted by molar-refractivity contribution is 5.91. The molecular formula is C33H41FN6O. The number of carbonyl (C=O) groups is 1. The molecule has 5 rings (SSSR count). The van der Waals surface area contributed by atoms with Gasteiger partial charge < -0.3 is 9.80 Å². The number of rotatable bonds is 9. The molecule has 2 aromatic heterocycles. The lowest BCUT2D eigenvalue weighted by Crippen LogP contribution is -2.39. The van der Waals surface area contributed by atoms with Gasteiger partial charge in [-0.05, 0) is 62.9 Å². The van der Waals surface area contributed by atoms with Crippen LogP contribution in [0.25, 0.3) is 16.7 Å². The third-order valence-electron chi connectivity index (χ3n) is 8.14. The van der Waals surface area contributed by atoms with Crippen LogP contribution in [0.4, 0.5) is 10.2 Å². The van der Waals surface area contributed by atoms with E-state index in [1.54, 1.807) is 16.8 Å². The molecule has 0 bridgehead atoms. The van der Waals surface area contributed by atoms with Crippen LogP contribution in [0.15, 0.2) is 48.5 Å². The van der Waals surface area contributed by atoms with Gasteiger partial charge in [0.25, 0.3) is 0 Å². The molecule has 0 saturated carbocycles. The summed E-state index contributed by atoms with van der Waals surface area (Å²) in [6.07, 6.45) is 5.50. The minimum atomic E-state index is -0.291. The number of hydrogen-bond acceptors (Lipinski definition) is 5. The van der Waals surface area contributed by atoms with E-state index in [0.29, 0.717) is 31.0 Å². The molecule has 2 aromatic carbocycles. The van der Waals surface area contributed by atoms with E-state index in [2.05, 4.69) is 54.8 Å². The van der Waals surface area contributed by atoms with Crippen molar-refractivity contribution in [1.82, 2.24) is 24.6 Å². The second kappa shape index (κ2) is 12.8. The number of aromatic nitrogens is 4. The molecule has 0 aliphatic carbocycles. The molecule has 216 valence electrons. The highest BCUT2D eigenvalue weighted by atomic mass is 19.1. The van der Waals surface area contributed by atoms with E-state index >= 15 is 0 Å². The Morgan fingerprint density at radius 2 is 1.71 bits per heavy atom. The van der Waals surface area contributed by atoms with Crippen LogP contribution in [0.3, 0.4) is 0 Å². The molecular weight excluding hydrogens is 515 g/mol. The smallest absolute Gasteiger partial charge is 0.225 e.